The minimum Gasteiger partial charge on any atom is -0.314 e. The average Bonchev–Trinajstić information content (AvgIpc) is 2.51. The zero-order valence-corrected chi connectivity index (χ0v) is 16.5. The number of halogens is 2. The summed E-state index contributed by atoms with van der Waals surface area (Å²) >= 11 is 0. The van der Waals surface area contributed by atoms with Crippen molar-refractivity contribution in [2.75, 3.05) is 26.2 Å². The summed E-state index contributed by atoms with van der Waals surface area (Å²) in [7, 11) is 0. The van der Waals surface area contributed by atoms with Crippen LogP contribution in [0.4, 0.5) is 0 Å². The Balaban J connectivity index is 0.00000242. The van der Waals surface area contributed by atoms with Crippen LogP contribution in [0, 0.1) is 45.9 Å². The van der Waals surface area contributed by atoms with Gasteiger partial charge in [-0.05, 0) is 68.0 Å². The molecule has 1 heterocycles. The Bertz CT molecular complexity index is 544. The van der Waals surface area contributed by atoms with Crippen molar-refractivity contribution in [3.63, 3.8) is 0 Å². The third kappa shape index (κ3) is 4.39. The highest BCUT2D eigenvalue weighted by Crippen LogP contribution is 2.35. The Labute approximate surface area is 153 Å². The van der Waals surface area contributed by atoms with Gasteiger partial charge in [-0.1, -0.05) is 0 Å². The van der Waals surface area contributed by atoms with E-state index >= 15 is 0 Å². The van der Waals surface area contributed by atoms with Crippen LogP contribution in [0.2, 0.25) is 0 Å². The molecule has 1 atom stereocenters. The van der Waals surface area contributed by atoms with E-state index in [2.05, 4.69) is 50.9 Å². The summed E-state index contributed by atoms with van der Waals surface area (Å²) in [6.07, 6.45) is 0.573. The molecule has 0 unspecified atom stereocenters. The summed E-state index contributed by atoms with van der Waals surface area (Å²) in [4.78, 5) is 2.48. The van der Waals surface area contributed by atoms with Gasteiger partial charge in [0.1, 0.15) is 0 Å². The zero-order chi connectivity index (χ0) is 15.6. The van der Waals surface area contributed by atoms with Crippen LogP contribution in [-0.2, 0) is 0 Å². The first-order chi connectivity index (χ1) is 9.99. The van der Waals surface area contributed by atoms with Crippen molar-refractivity contribution in [1.82, 2.24) is 10.2 Å². The number of nitriles is 1. The number of rotatable bonds is 3. The van der Waals surface area contributed by atoms with Crippen LogP contribution in [-0.4, -0.2) is 31.1 Å². The number of nitrogens with zero attached hydrogens (tertiary/aromatic N) is 2. The molecular formula is C18H29Cl2N3. The fraction of sp³-hybridized carbons (Fsp3) is 0.611. The summed E-state index contributed by atoms with van der Waals surface area (Å²) in [6, 6.07) is 2.64. The largest absolute Gasteiger partial charge is 0.314 e. The lowest BCUT2D eigenvalue weighted by atomic mass is 9.85. The fourth-order valence-electron chi connectivity index (χ4n) is 3.52. The van der Waals surface area contributed by atoms with Gasteiger partial charge in [0.15, 0.2) is 0 Å². The molecule has 0 aliphatic carbocycles. The van der Waals surface area contributed by atoms with Gasteiger partial charge in [0, 0.05) is 32.2 Å². The van der Waals surface area contributed by atoms with Gasteiger partial charge in [0.25, 0.3) is 0 Å². The van der Waals surface area contributed by atoms with Crippen molar-refractivity contribution in [2.45, 2.75) is 47.1 Å². The second kappa shape index (κ2) is 9.49. The molecule has 1 aromatic carbocycles. The van der Waals surface area contributed by atoms with Gasteiger partial charge in [-0.3, -0.25) is 4.90 Å². The molecule has 0 aromatic heterocycles. The lowest BCUT2D eigenvalue weighted by Gasteiger charge is -2.36. The van der Waals surface area contributed by atoms with Crippen LogP contribution in [0.3, 0.4) is 0 Å². The average molecular weight is 358 g/mol. The summed E-state index contributed by atoms with van der Waals surface area (Å²) in [5.41, 5.74) is 8.28. The number of benzene rings is 1. The molecule has 1 N–H and O–H groups in total. The molecule has 1 aliphatic rings. The summed E-state index contributed by atoms with van der Waals surface area (Å²) < 4.78 is 0. The Hall–Kier alpha value is -0.790. The summed E-state index contributed by atoms with van der Waals surface area (Å²) in [6.45, 7) is 15.2. The van der Waals surface area contributed by atoms with Crippen molar-refractivity contribution in [3.8, 4) is 6.07 Å². The first kappa shape index (κ1) is 22.2. The highest BCUT2D eigenvalue weighted by atomic mass is 35.5. The molecule has 0 bridgehead atoms. The lowest BCUT2D eigenvalue weighted by Crippen LogP contribution is -2.45. The van der Waals surface area contributed by atoms with Gasteiger partial charge < -0.3 is 5.32 Å². The fourth-order valence-corrected chi connectivity index (χ4v) is 3.52. The van der Waals surface area contributed by atoms with Crippen LogP contribution in [0.15, 0.2) is 0 Å². The van der Waals surface area contributed by atoms with E-state index in [1.807, 2.05) is 0 Å². The van der Waals surface area contributed by atoms with Crippen molar-refractivity contribution in [3.05, 3.63) is 33.4 Å². The molecule has 1 aliphatic heterocycles. The van der Waals surface area contributed by atoms with E-state index in [1.54, 1.807) is 0 Å². The number of hydrogen-bond acceptors (Lipinski definition) is 3. The zero-order valence-electron chi connectivity index (χ0n) is 14.8. The topological polar surface area (TPSA) is 39.1 Å². The molecule has 2 rings (SSSR count). The van der Waals surface area contributed by atoms with Gasteiger partial charge in [-0.2, -0.15) is 5.26 Å². The maximum Gasteiger partial charge on any atom is 0.0641 e. The van der Waals surface area contributed by atoms with Crippen LogP contribution in [0.25, 0.3) is 0 Å². The van der Waals surface area contributed by atoms with E-state index in [0.29, 0.717) is 6.42 Å². The number of nitrogens with one attached hydrogen (secondary N) is 1. The van der Waals surface area contributed by atoms with E-state index in [4.69, 9.17) is 0 Å². The van der Waals surface area contributed by atoms with Gasteiger partial charge in [0.2, 0.25) is 0 Å². The van der Waals surface area contributed by atoms with Crippen LogP contribution < -0.4 is 5.32 Å². The molecule has 0 saturated carbocycles. The maximum atomic E-state index is 9.31. The third-order valence-electron chi connectivity index (χ3n) is 5.27. The molecule has 0 spiro atoms. The quantitative estimate of drug-likeness (QED) is 0.890. The van der Waals surface area contributed by atoms with E-state index in [1.165, 1.54) is 33.4 Å². The van der Waals surface area contributed by atoms with Gasteiger partial charge in [0.05, 0.1) is 12.5 Å². The van der Waals surface area contributed by atoms with Crippen molar-refractivity contribution >= 4 is 24.8 Å². The van der Waals surface area contributed by atoms with Crippen molar-refractivity contribution in [1.29, 1.82) is 5.26 Å². The van der Waals surface area contributed by atoms with Gasteiger partial charge in [-0.25, -0.2) is 0 Å². The van der Waals surface area contributed by atoms with E-state index in [-0.39, 0.29) is 30.9 Å². The summed E-state index contributed by atoms with van der Waals surface area (Å²) in [5, 5.41) is 12.7. The first-order valence-corrected chi connectivity index (χ1v) is 7.87. The molecule has 1 aromatic rings. The van der Waals surface area contributed by atoms with Crippen molar-refractivity contribution < 1.29 is 0 Å². The molecule has 130 valence electrons. The molecule has 0 radical (unpaired) electrons. The third-order valence-corrected chi connectivity index (χ3v) is 5.27. The minimum atomic E-state index is 0. The van der Waals surface area contributed by atoms with E-state index in [9.17, 15) is 5.26 Å². The number of hydrogen-bond donors (Lipinski definition) is 1. The Morgan fingerprint density at radius 3 is 1.78 bits per heavy atom. The van der Waals surface area contributed by atoms with Crippen LogP contribution in [0.5, 0.6) is 0 Å². The smallest absolute Gasteiger partial charge is 0.0641 e. The highest BCUT2D eigenvalue weighted by molar-refractivity contribution is 5.85. The summed E-state index contributed by atoms with van der Waals surface area (Å²) in [5.74, 6) is 0. The Morgan fingerprint density at radius 1 is 0.913 bits per heavy atom. The van der Waals surface area contributed by atoms with Gasteiger partial charge in [-0.15, -0.1) is 24.8 Å². The molecule has 23 heavy (non-hydrogen) atoms. The van der Waals surface area contributed by atoms with Gasteiger partial charge >= 0.3 is 0 Å². The second-order valence-corrected chi connectivity index (χ2v) is 6.20. The maximum absolute atomic E-state index is 9.31. The second-order valence-electron chi connectivity index (χ2n) is 6.20. The molecule has 1 saturated heterocycles. The molecule has 3 nitrogen and oxygen atoms in total. The van der Waals surface area contributed by atoms with Crippen LogP contribution in [0.1, 0.15) is 45.8 Å². The van der Waals surface area contributed by atoms with E-state index < -0.39 is 0 Å². The van der Waals surface area contributed by atoms with Crippen LogP contribution >= 0.6 is 24.8 Å². The molecule has 5 heteroatoms. The SMILES string of the molecule is Cc1c(C)c(C)c([C@H](CC#N)N2CCNCC2)c(C)c1C.Cl.Cl. The predicted octanol–water partition coefficient (Wildman–Crippen LogP) is 3.93. The lowest BCUT2D eigenvalue weighted by molar-refractivity contribution is 0.174. The Kier molecular flexibility index (Phi) is 9.17. The van der Waals surface area contributed by atoms with Crippen molar-refractivity contribution in [2.24, 2.45) is 0 Å². The standard InChI is InChI=1S/C18H27N3.2ClH/c1-12-13(2)15(4)18(16(5)14(12)3)17(6-7-19)21-10-8-20-9-11-21;;/h17,20H,6,8-11H2,1-5H3;2*1H/t17-;;/m0../s1. The minimum absolute atomic E-state index is 0. The normalized spacial score (nSPS) is 16.0. The predicted molar refractivity (Wildman–Crippen MR) is 102 cm³/mol. The molecule has 1 fully saturated rings. The number of piperazine rings is 1. The van der Waals surface area contributed by atoms with E-state index in [0.717, 1.165) is 26.2 Å². The molecular weight excluding hydrogens is 329 g/mol. The first-order valence-electron chi connectivity index (χ1n) is 7.87. The highest BCUT2D eigenvalue weighted by Gasteiger charge is 2.26. The molecule has 0 amide bonds. The Morgan fingerprint density at radius 2 is 1.35 bits per heavy atom. The monoisotopic (exact) mass is 357 g/mol.